The van der Waals surface area contributed by atoms with E-state index in [0.717, 1.165) is 17.7 Å². The molecule has 1 aromatic heterocycles. The van der Waals surface area contributed by atoms with E-state index >= 15 is 0 Å². The zero-order chi connectivity index (χ0) is 14.5. The molecule has 0 aliphatic heterocycles. The van der Waals surface area contributed by atoms with E-state index in [0.29, 0.717) is 6.61 Å². The zero-order valence-electron chi connectivity index (χ0n) is 11.8. The highest BCUT2D eigenvalue weighted by Crippen LogP contribution is 2.32. The molecule has 1 unspecified atom stereocenters. The van der Waals surface area contributed by atoms with Crippen LogP contribution >= 0.6 is 11.3 Å². The highest BCUT2D eigenvalue weighted by Gasteiger charge is 2.22. The van der Waals surface area contributed by atoms with E-state index in [-0.39, 0.29) is 6.04 Å². The summed E-state index contributed by atoms with van der Waals surface area (Å²) < 4.78 is 1.20. The number of benzene rings is 1. The molecule has 0 saturated heterocycles. The van der Waals surface area contributed by atoms with Gasteiger partial charge < -0.3 is 5.73 Å². The Labute approximate surface area is 123 Å². The molecule has 108 valence electrons. The maximum atomic E-state index is 11.6. The third-order valence-electron chi connectivity index (χ3n) is 3.15. The van der Waals surface area contributed by atoms with Crippen molar-refractivity contribution in [2.45, 2.75) is 32.7 Å². The van der Waals surface area contributed by atoms with Crippen molar-refractivity contribution in [2.75, 3.05) is 6.61 Å². The second-order valence-corrected chi connectivity index (χ2v) is 5.83. The number of rotatable bonds is 6. The summed E-state index contributed by atoms with van der Waals surface area (Å²) in [6, 6.07) is 9.51. The maximum Gasteiger partial charge on any atom is 0.339 e. The van der Waals surface area contributed by atoms with Crippen LogP contribution in [0.15, 0.2) is 30.3 Å². The molecule has 2 amide bonds. The second-order valence-electron chi connectivity index (χ2n) is 4.71. The summed E-state index contributed by atoms with van der Waals surface area (Å²) >= 11 is 1.66. The number of primary amides is 1. The van der Waals surface area contributed by atoms with Gasteiger partial charge in [0.25, 0.3) is 0 Å². The minimum absolute atomic E-state index is 0.179. The lowest BCUT2D eigenvalue weighted by Gasteiger charge is -2.25. The highest BCUT2D eigenvalue weighted by atomic mass is 32.1. The van der Waals surface area contributed by atoms with Crippen LogP contribution in [-0.2, 0) is 4.84 Å². The van der Waals surface area contributed by atoms with E-state index in [4.69, 9.17) is 10.6 Å². The van der Waals surface area contributed by atoms with E-state index in [1.165, 1.54) is 15.1 Å². The standard InChI is InChI=1S/C15H20N2O2S/c1-3-4-9-19-17(15(16)18)11(2)14-10-12-7-5-6-8-13(12)20-14/h5-8,10-11H,3-4,9H2,1-2H3,(H2,16,18). The normalized spacial score (nSPS) is 12.5. The van der Waals surface area contributed by atoms with Crippen LogP contribution in [0.5, 0.6) is 0 Å². The first-order chi connectivity index (χ1) is 9.63. The van der Waals surface area contributed by atoms with Crippen LogP contribution in [-0.4, -0.2) is 17.7 Å². The topological polar surface area (TPSA) is 55.6 Å². The van der Waals surface area contributed by atoms with Crippen molar-refractivity contribution in [3.05, 3.63) is 35.2 Å². The first-order valence-electron chi connectivity index (χ1n) is 6.83. The fraction of sp³-hybridized carbons (Fsp3) is 0.400. The van der Waals surface area contributed by atoms with Crippen molar-refractivity contribution in [1.29, 1.82) is 0 Å². The minimum atomic E-state index is -0.550. The van der Waals surface area contributed by atoms with E-state index in [1.807, 2.05) is 19.1 Å². The zero-order valence-corrected chi connectivity index (χ0v) is 12.7. The third kappa shape index (κ3) is 3.29. The Morgan fingerprint density at radius 1 is 1.45 bits per heavy atom. The van der Waals surface area contributed by atoms with Crippen molar-refractivity contribution in [3.63, 3.8) is 0 Å². The number of thiophene rings is 1. The molecular weight excluding hydrogens is 272 g/mol. The summed E-state index contributed by atoms with van der Waals surface area (Å²) in [5.74, 6) is 0. The van der Waals surface area contributed by atoms with Crippen molar-refractivity contribution in [2.24, 2.45) is 5.73 Å². The number of hydrogen-bond acceptors (Lipinski definition) is 3. The number of carbonyl (C=O) groups excluding carboxylic acids is 1. The summed E-state index contributed by atoms with van der Waals surface area (Å²) in [6.45, 7) is 4.52. The Balaban J connectivity index is 2.17. The number of amides is 2. The molecule has 1 heterocycles. The number of nitrogens with zero attached hydrogens (tertiary/aromatic N) is 1. The molecule has 0 spiro atoms. The van der Waals surface area contributed by atoms with Gasteiger partial charge in [0, 0.05) is 9.58 Å². The van der Waals surface area contributed by atoms with Crippen LogP contribution in [0.25, 0.3) is 10.1 Å². The third-order valence-corrected chi connectivity index (χ3v) is 4.44. The molecule has 2 aromatic rings. The lowest BCUT2D eigenvalue weighted by Crippen LogP contribution is -2.37. The molecule has 0 aliphatic rings. The molecule has 20 heavy (non-hydrogen) atoms. The van der Waals surface area contributed by atoms with Gasteiger partial charge in [-0.05, 0) is 30.9 Å². The largest absolute Gasteiger partial charge is 0.350 e. The van der Waals surface area contributed by atoms with E-state index in [9.17, 15) is 4.79 Å². The Morgan fingerprint density at radius 2 is 2.20 bits per heavy atom. The number of unbranched alkanes of at least 4 members (excludes halogenated alkanes) is 1. The molecule has 1 atom stereocenters. The minimum Gasteiger partial charge on any atom is -0.350 e. The Bertz CT molecular complexity index is 549. The molecule has 2 N–H and O–H groups in total. The van der Waals surface area contributed by atoms with E-state index < -0.39 is 6.03 Å². The van der Waals surface area contributed by atoms with Crippen LogP contribution in [0.4, 0.5) is 4.79 Å². The summed E-state index contributed by atoms with van der Waals surface area (Å²) in [5, 5.41) is 2.46. The molecule has 0 radical (unpaired) electrons. The predicted octanol–water partition coefficient (Wildman–Crippen LogP) is 4.07. The number of nitrogens with two attached hydrogens (primary N) is 1. The maximum absolute atomic E-state index is 11.6. The van der Waals surface area contributed by atoms with Crippen molar-refractivity contribution >= 4 is 27.5 Å². The van der Waals surface area contributed by atoms with Gasteiger partial charge in [-0.2, -0.15) is 5.06 Å². The van der Waals surface area contributed by atoms with Crippen LogP contribution in [0.3, 0.4) is 0 Å². The molecule has 1 aromatic carbocycles. The molecule has 0 fully saturated rings. The summed E-state index contributed by atoms with van der Waals surface area (Å²) in [6.07, 6.45) is 1.92. The average Bonchev–Trinajstić information content (AvgIpc) is 2.86. The van der Waals surface area contributed by atoms with Crippen LogP contribution in [0, 0.1) is 0 Å². The number of hydrogen-bond donors (Lipinski definition) is 1. The van der Waals surface area contributed by atoms with E-state index in [2.05, 4.69) is 25.1 Å². The summed E-state index contributed by atoms with van der Waals surface area (Å²) in [4.78, 5) is 18.1. The molecule has 4 nitrogen and oxygen atoms in total. The number of fused-ring (bicyclic) bond motifs is 1. The first-order valence-corrected chi connectivity index (χ1v) is 7.65. The van der Waals surface area contributed by atoms with Crippen molar-refractivity contribution in [3.8, 4) is 0 Å². The summed E-state index contributed by atoms with van der Waals surface area (Å²) in [5.41, 5.74) is 5.42. The highest BCUT2D eigenvalue weighted by molar-refractivity contribution is 7.19. The molecule has 0 saturated carbocycles. The summed E-state index contributed by atoms with van der Waals surface area (Å²) in [7, 11) is 0. The van der Waals surface area contributed by atoms with Gasteiger partial charge in [0.1, 0.15) is 0 Å². The molecule has 2 rings (SSSR count). The molecular formula is C15H20N2O2S. The first kappa shape index (κ1) is 14.8. The van der Waals surface area contributed by atoms with Gasteiger partial charge in [-0.15, -0.1) is 11.3 Å². The van der Waals surface area contributed by atoms with E-state index in [1.54, 1.807) is 11.3 Å². The van der Waals surface area contributed by atoms with Crippen LogP contribution in [0.2, 0.25) is 0 Å². The monoisotopic (exact) mass is 292 g/mol. The number of carbonyl (C=O) groups is 1. The molecule has 0 bridgehead atoms. The number of hydroxylamine groups is 2. The predicted molar refractivity (Wildman–Crippen MR) is 82.5 cm³/mol. The Morgan fingerprint density at radius 3 is 2.85 bits per heavy atom. The van der Waals surface area contributed by atoms with Gasteiger partial charge in [-0.1, -0.05) is 31.5 Å². The average molecular weight is 292 g/mol. The van der Waals surface area contributed by atoms with Crippen molar-refractivity contribution < 1.29 is 9.63 Å². The fourth-order valence-corrected chi connectivity index (χ4v) is 3.09. The molecule has 0 aliphatic carbocycles. The van der Waals surface area contributed by atoms with Gasteiger partial charge in [-0.3, -0.25) is 4.84 Å². The van der Waals surface area contributed by atoms with Crippen LogP contribution < -0.4 is 5.73 Å². The second kappa shape index (κ2) is 6.72. The quantitative estimate of drug-likeness (QED) is 0.644. The van der Waals surface area contributed by atoms with Gasteiger partial charge in [0.05, 0.1) is 12.6 Å². The molecule has 5 heteroatoms. The Hall–Kier alpha value is -1.59. The van der Waals surface area contributed by atoms with Gasteiger partial charge >= 0.3 is 6.03 Å². The van der Waals surface area contributed by atoms with Gasteiger partial charge in [-0.25, -0.2) is 4.79 Å². The number of urea groups is 1. The van der Waals surface area contributed by atoms with Crippen molar-refractivity contribution in [1.82, 2.24) is 5.06 Å². The lowest BCUT2D eigenvalue weighted by molar-refractivity contribution is -0.140. The fourth-order valence-electron chi connectivity index (χ4n) is 2.00. The SMILES string of the molecule is CCCCON(C(N)=O)C(C)c1cc2ccccc2s1. The van der Waals surface area contributed by atoms with Crippen LogP contribution in [0.1, 0.15) is 37.6 Å². The van der Waals surface area contributed by atoms with Gasteiger partial charge in [0.15, 0.2) is 0 Å². The lowest BCUT2D eigenvalue weighted by atomic mass is 10.2. The van der Waals surface area contributed by atoms with Gasteiger partial charge in [0.2, 0.25) is 0 Å². The Kier molecular flexibility index (Phi) is 4.98. The smallest absolute Gasteiger partial charge is 0.339 e.